The van der Waals surface area contributed by atoms with E-state index < -0.39 is 5.91 Å². The minimum absolute atomic E-state index is 0.0616. The summed E-state index contributed by atoms with van der Waals surface area (Å²) in [6.45, 7) is 1.83. The molecule has 8 heteroatoms. The first-order chi connectivity index (χ1) is 12.0. The van der Waals surface area contributed by atoms with Crippen LogP contribution in [0.4, 0.5) is 5.69 Å². The minimum atomic E-state index is -0.448. The quantitative estimate of drug-likeness (QED) is 0.678. The van der Waals surface area contributed by atoms with E-state index in [9.17, 15) is 4.79 Å². The summed E-state index contributed by atoms with van der Waals surface area (Å²) >= 11 is 11.8. The second-order valence-electron chi connectivity index (χ2n) is 5.03. The van der Waals surface area contributed by atoms with Gasteiger partial charge in [-0.1, -0.05) is 23.2 Å². The summed E-state index contributed by atoms with van der Waals surface area (Å²) in [7, 11) is 0. The standard InChI is InChI=1S/C17H12Cl2N4O2/c1-10-9-11(25-17-20-7-2-8-21-17)3-5-13(10)22-16(24)15-12(18)4-6-14(19)23-15/h2-9H,1H3,(H,22,24). The van der Waals surface area contributed by atoms with Crippen LogP contribution in [0.3, 0.4) is 0 Å². The molecule has 0 fully saturated rings. The fourth-order valence-corrected chi connectivity index (χ4v) is 2.38. The number of nitrogens with zero attached hydrogens (tertiary/aromatic N) is 3. The van der Waals surface area contributed by atoms with Gasteiger partial charge in [0.2, 0.25) is 0 Å². The summed E-state index contributed by atoms with van der Waals surface area (Å²) in [4.78, 5) is 24.3. The van der Waals surface area contributed by atoms with Crippen molar-refractivity contribution in [3.63, 3.8) is 0 Å². The molecule has 0 aliphatic carbocycles. The Morgan fingerprint density at radius 1 is 1.12 bits per heavy atom. The van der Waals surface area contributed by atoms with Crippen molar-refractivity contribution < 1.29 is 9.53 Å². The lowest BCUT2D eigenvalue weighted by molar-refractivity contribution is 0.102. The summed E-state index contributed by atoms with van der Waals surface area (Å²) in [5.41, 5.74) is 1.45. The van der Waals surface area contributed by atoms with Crippen molar-refractivity contribution in [2.75, 3.05) is 5.32 Å². The van der Waals surface area contributed by atoms with Gasteiger partial charge in [0.25, 0.3) is 5.91 Å². The maximum absolute atomic E-state index is 12.3. The number of aromatic nitrogens is 3. The lowest BCUT2D eigenvalue weighted by atomic mass is 10.2. The Morgan fingerprint density at radius 2 is 1.88 bits per heavy atom. The number of pyridine rings is 1. The summed E-state index contributed by atoms with van der Waals surface area (Å²) in [6.07, 6.45) is 3.18. The normalized spacial score (nSPS) is 10.4. The number of benzene rings is 1. The van der Waals surface area contributed by atoms with Gasteiger partial charge >= 0.3 is 6.01 Å². The second kappa shape index (κ2) is 7.46. The molecular formula is C17H12Cl2N4O2. The van der Waals surface area contributed by atoms with Crippen molar-refractivity contribution in [3.05, 3.63) is 70.2 Å². The second-order valence-corrected chi connectivity index (χ2v) is 5.82. The van der Waals surface area contributed by atoms with Gasteiger partial charge in [-0.3, -0.25) is 4.79 Å². The van der Waals surface area contributed by atoms with Gasteiger partial charge in [-0.25, -0.2) is 15.0 Å². The van der Waals surface area contributed by atoms with Gasteiger partial charge in [0.15, 0.2) is 0 Å². The Balaban J connectivity index is 1.77. The monoisotopic (exact) mass is 374 g/mol. The SMILES string of the molecule is Cc1cc(Oc2ncccn2)ccc1NC(=O)c1nc(Cl)ccc1Cl. The highest BCUT2D eigenvalue weighted by Crippen LogP contribution is 2.25. The first kappa shape index (κ1) is 17.1. The Morgan fingerprint density at radius 3 is 2.60 bits per heavy atom. The third-order valence-corrected chi connectivity index (χ3v) is 3.74. The molecule has 1 amide bonds. The number of nitrogens with one attached hydrogen (secondary N) is 1. The largest absolute Gasteiger partial charge is 0.424 e. The van der Waals surface area contributed by atoms with Gasteiger partial charge in [0.05, 0.1) is 5.02 Å². The van der Waals surface area contributed by atoms with Crippen LogP contribution in [-0.2, 0) is 0 Å². The van der Waals surface area contributed by atoms with E-state index in [4.69, 9.17) is 27.9 Å². The number of rotatable bonds is 4. The molecule has 0 radical (unpaired) electrons. The zero-order valence-electron chi connectivity index (χ0n) is 13.0. The lowest BCUT2D eigenvalue weighted by Gasteiger charge is -2.11. The average molecular weight is 375 g/mol. The van der Waals surface area contributed by atoms with Gasteiger partial charge in [-0.2, -0.15) is 0 Å². The molecule has 0 bridgehead atoms. The summed E-state index contributed by atoms with van der Waals surface area (Å²) in [5, 5.41) is 3.17. The number of halogens is 2. The van der Waals surface area contributed by atoms with Crippen LogP contribution in [0.5, 0.6) is 11.8 Å². The van der Waals surface area contributed by atoms with Crippen molar-refractivity contribution in [1.82, 2.24) is 15.0 Å². The van der Waals surface area contributed by atoms with E-state index in [1.165, 1.54) is 12.1 Å². The van der Waals surface area contributed by atoms with Crippen molar-refractivity contribution >= 4 is 34.8 Å². The fraction of sp³-hybridized carbons (Fsp3) is 0.0588. The summed E-state index contributed by atoms with van der Waals surface area (Å²) in [5.74, 6) is 0.108. The minimum Gasteiger partial charge on any atom is -0.424 e. The number of aryl methyl sites for hydroxylation is 1. The van der Waals surface area contributed by atoms with Crippen LogP contribution in [0.25, 0.3) is 0 Å². The van der Waals surface area contributed by atoms with E-state index in [2.05, 4.69) is 20.3 Å². The number of ether oxygens (including phenoxy) is 1. The smallest absolute Gasteiger partial charge is 0.321 e. The predicted octanol–water partition coefficient (Wildman–Crippen LogP) is 4.53. The maximum atomic E-state index is 12.3. The summed E-state index contributed by atoms with van der Waals surface area (Å²) < 4.78 is 5.55. The van der Waals surface area contributed by atoms with Crippen molar-refractivity contribution in [2.24, 2.45) is 0 Å². The number of hydrogen-bond donors (Lipinski definition) is 1. The molecule has 6 nitrogen and oxygen atoms in total. The zero-order chi connectivity index (χ0) is 17.8. The first-order valence-electron chi connectivity index (χ1n) is 7.22. The van der Waals surface area contributed by atoms with E-state index >= 15 is 0 Å². The molecule has 0 spiro atoms. The maximum Gasteiger partial charge on any atom is 0.321 e. The van der Waals surface area contributed by atoms with Crippen LogP contribution in [0.1, 0.15) is 16.1 Å². The van der Waals surface area contributed by atoms with Crippen LogP contribution < -0.4 is 10.1 Å². The molecule has 1 N–H and O–H groups in total. The van der Waals surface area contributed by atoms with Crippen LogP contribution in [0.15, 0.2) is 48.8 Å². The third-order valence-electron chi connectivity index (χ3n) is 3.22. The van der Waals surface area contributed by atoms with Crippen LogP contribution >= 0.6 is 23.2 Å². The molecule has 2 heterocycles. The molecule has 3 rings (SSSR count). The van der Waals surface area contributed by atoms with Gasteiger partial charge in [-0.15, -0.1) is 0 Å². The average Bonchev–Trinajstić information content (AvgIpc) is 2.60. The lowest BCUT2D eigenvalue weighted by Crippen LogP contribution is -2.15. The topological polar surface area (TPSA) is 77.0 Å². The predicted molar refractivity (Wildman–Crippen MR) is 95.5 cm³/mol. The van der Waals surface area contributed by atoms with Gasteiger partial charge in [0.1, 0.15) is 16.6 Å². The molecule has 0 atom stereocenters. The molecule has 2 aromatic heterocycles. The first-order valence-corrected chi connectivity index (χ1v) is 7.97. The van der Waals surface area contributed by atoms with E-state index in [1.807, 2.05) is 6.92 Å². The zero-order valence-corrected chi connectivity index (χ0v) is 14.5. The Kier molecular flexibility index (Phi) is 5.11. The van der Waals surface area contributed by atoms with E-state index in [0.29, 0.717) is 11.4 Å². The third kappa shape index (κ3) is 4.23. The van der Waals surface area contributed by atoms with Gasteiger partial charge in [0, 0.05) is 18.1 Å². The van der Waals surface area contributed by atoms with E-state index in [0.717, 1.165) is 5.56 Å². The fourth-order valence-electron chi connectivity index (χ4n) is 2.04. The molecule has 0 aliphatic rings. The summed E-state index contributed by atoms with van der Waals surface area (Å²) in [6, 6.07) is 10.2. The molecule has 25 heavy (non-hydrogen) atoms. The van der Waals surface area contributed by atoms with Crippen LogP contribution in [-0.4, -0.2) is 20.9 Å². The highest BCUT2D eigenvalue weighted by atomic mass is 35.5. The molecule has 0 unspecified atom stereocenters. The Bertz CT molecular complexity index is 920. The highest BCUT2D eigenvalue weighted by Gasteiger charge is 2.14. The number of anilines is 1. The van der Waals surface area contributed by atoms with Crippen molar-refractivity contribution in [2.45, 2.75) is 6.92 Å². The highest BCUT2D eigenvalue weighted by molar-refractivity contribution is 6.35. The molecule has 1 aromatic carbocycles. The Hall–Kier alpha value is -2.70. The van der Waals surface area contributed by atoms with Crippen LogP contribution in [0.2, 0.25) is 10.2 Å². The van der Waals surface area contributed by atoms with Crippen molar-refractivity contribution in [3.8, 4) is 11.8 Å². The van der Waals surface area contributed by atoms with E-state index in [1.54, 1.807) is 36.7 Å². The molecule has 0 saturated carbocycles. The molecule has 0 saturated heterocycles. The van der Waals surface area contributed by atoms with Crippen molar-refractivity contribution in [1.29, 1.82) is 0 Å². The molecule has 0 aliphatic heterocycles. The molecule has 3 aromatic rings. The number of amides is 1. The molecule has 126 valence electrons. The van der Waals surface area contributed by atoms with Crippen LogP contribution in [0, 0.1) is 6.92 Å². The Labute approximate surface area is 153 Å². The number of hydrogen-bond acceptors (Lipinski definition) is 5. The molecular weight excluding hydrogens is 363 g/mol. The number of carbonyl (C=O) groups is 1. The van der Waals surface area contributed by atoms with E-state index in [-0.39, 0.29) is 21.9 Å². The van der Waals surface area contributed by atoms with Gasteiger partial charge in [-0.05, 0) is 48.9 Å². The van der Waals surface area contributed by atoms with Gasteiger partial charge < -0.3 is 10.1 Å². The number of carbonyl (C=O) groups excluding carboxylic acids is 1.